The minimum atomic E-state index is -0.761. The highest BCUT2D eigenvalue weighted by molar-refractivity contribution is 5.71. The predicted octanol–water partition coefficient (Wildman–Crippen LogP) is 16.1. The molecule has 0 aromatic rings. The number of esters is 3. The largest absolute Gasteiger partial charge is 0.462 e. The zero-order valence-electron chi connectivity index (χ0n) is 39.0. The number of unbranched alkanes of at least 4 members (excludes halogenated alkanes) is 30. The van der Waals surface area contributed by atoms with E-state index in [2.05, 4.69) is 34.6 Å². The average molecular weight is 807 g/mol. The average Bonchev–Trinajstić information content (AvgIpc) is 3.18. The van der Waals surface area contributed by atoms with Gasteiger partial charge in [-0.15, -0.1) is 0 Å². The van der Waals surface area contributed by atoms with Gasteiger partial charge in [-0.05, 0) is 31.1 Å². The van der Waals surface area contributed by atoms with Gasteiger partial charge in [0.25, 0.3) is 0 Å². The van der Waals surface area contributed by atoms with Gasteiger partial charge in [0.05, 0.1) is 0 Å². The van der Waals surface area contributed by atoms with Crippen LogP contribution in [0.2, 0.25) is 0 Å². The molecule has 6 nitrogen and oxygen atoms in total. The molecule has 0 spiro atoms. The van der Waals surface area contributed by atoms with Crippen LogP contribution in [0.3, 0.4) is 0 Å². The van der Waals surface area contributed by atoms with E-state index in [9.17, 15) is 14.4 Å². The van der Waals surface area contributed by atoms with Gasteiger partial charge in [-0.3, -0.25) is 14.4 Å². The zero-order chi connectivity index (χ0) is 41.9. The van der Waals surface area contributed by atoms with E-state index in [1.165, 1.54) is 167 Å². The summed E-state index contributed by atoms with van der Waals surface area (Å²) in [7, 11) is 0. The molecular formula is C51H98O6. The predicted molar refractivity (Wildman–Crippen MR) is 243 cm³/mol. The molecule has 0 fully saturated rings. The molecule has 0 heterocycles. The van der Waals surface area contributed by atoms with Crippen LogP contribution in [0.1, 0.15) is 279 Å². The molecule has 338 valence electrons. The lowest BCUT2D eigenvalue weighted by Crippen LogP contribution is -2.30. The summed E-state index contributed by atoms with van der Waals surface area (Å²) in [4.78, 5) is 37.8. The van der Waals surface area contributed by atoms with Gasteiger partial charge in [-0.1, -0.05) is 240 Å². The van der Waals surface area contributed by atoms with E-state index in [0.29, 0.717) is 19.3 Å². The van der Waals surface area contributed by atoms with Crippen molar-refractivity contribution < 1.29 is 28.6 Å². The van der Waals surface area contributed by atoms with Gasteiger partial charge in [0.1, 0.15) is 13.2 Å². The van der Waals surface area contributed by atoms with Crippen LogP contribution in [0.15, 0.2) is 0 Å². The molecule has 0 aliphatic rings. The second kappa shape index (κ2) is 44.0. The fourth-order valence-electron chi connectivity index (χ4n) is 7.64. The van der Waals surface area contributed by atoms with Crippen molar-refractivity contribution in [3.05, 3.63) is 0 Å². The molecule has 0 saturated carbocycles. The summed E-state index contributed by atoms with van der Waals surface area (Å²) in [6, 6.07) is 0. The molecule has 0 aromatic carbocycles. The molecule has 0 amide bonds. The normalized spacial score (nSPS) is 12.1. The van der Waals surface area contributed by atoms with Crippen LogP contribution in [-0.2, 0) is 28.6 Å². The van der Waals surface area contributed by atoms with Crippen molar-refractivity contribution in [1.29, 1.82) is 0 Å². The minimum Gasteiger partial charge on any atom is -0.462 e. The molecule has 0 unspecified atom stereocenters. The van der Waals surface area contributed by atoms with Crippen LogP contribution >= 0.6 is 0 Å². The summed E-state index contributed by atoms with van der Waals surface area (Å²) < 4.78 is 16.8. The first-order valence-electron chi connectivity index (χ1n) is 25.2. The van der Waals surface area contributed by atoms with Crippen LogP contribution in [0, 0.1) is 11.8 Å². The summed E-state index contributed by atoms with van der Waals surface area (Å²) in [5.41, 5.74) is 0. The van der Waals surface area contributed by atoms with Crippen molar-refractivity contribution in [3.8, 4) is 0 Å². The standard InChI is InChI=1S/C51H98O6/c1-6-7-8-9-10-11-16-20-26-31-36-41-49(52)55-44-48(57-51(54)43-38-33-28-23-22-25-30-35-40-47(4)5)45-56-50(53)42-37-32-27-21-18-15-13-12-14-17-19-24-29-34-39-46(2)3/h46-48H,6-45H2,1-5H3/t48-/m0/s1. The van der Waals surface area contributed by atoms with Gasteiger partial charge >= 0.3 is 17.9 Å². The Labute approximate surface area is 355 Å². The molecule has 0 aliphatic heterocycles. The van der Waals surface area contributed by atoms with E-state index < -0.39 is 6.10 Å². The molecule has 0 aliphatic carbocycles. The van der Waals surface area contributed by atoms with Crippen molar-refractivity contribution in [2.75, 3.05) is 13.2 Å². The van der Waals surface area contributed by atoms with Crippen molar-refractivity contribution in [2.45, 2.75) is 285 Å². The molecule has 0 saturated heterocycles. The molecule has 6 heteroatoms. The first kappa shape index (κ1) is 55.4. The third-order valence-corrected chi connectivity index (χ3v) is 11.5. The second-order valence-electron chi connectivity index (χ2n) is 18.4. The third kappa shape index (κ3) is 45.3. The molecular weight excluding hydrogens is 709 g/mol. The number of carbonyl (C=O) groups excluding carboxylic acids is 3. The van der Waals surface area contributed by atoms with Crippen molar-refractivity contribution in [2.24, 2.45) is 11.8 Å². The highest BCUT2D eigenvalue weighted by Gasteiger charge is 2.19. The maximum Gasteiger partial charge on any atom is 0.306 e. The molecule has 0 radical (unpaired) electrons. The highest BCUT2D eigenvalue weighted by Crippen LogP contribution is 2.17. The number of carbonyl (C=O) groups is 3. The number of hydrogen-bond acceptors (Lipinski definition) is 6. The molecule has 0 aromatic heterocycles. The Morgan fingerprint density at radius 1 is 0.333 bits per heavy atom. The smallest absolute Gasteiger partial charge is 0.306 e. The van der Waals surface area contributed by atoms with Crippen LogP contribution < -0.4 is 0 Å². The first-order valence-corrected chi connectivity index (χ1v) is 25.2. The van der Waals surface area contributed by atoms with E-state index in [1.807, 2.05) is 0 Å². The summed E-state index contributed by atoms with van der Waals surface area (Å²) in [5.74, 6) is 0.786. The lowest BCUT2D eigenvalue weighted by Gasteiger charge is -2.18. The topological polar surface area (TPSA) is 78.9 Å². The lowest BCUT2D eigenvalue weighted by molar-refractivity contribution is -0.167. The van der Waals surface area contributed by atoms with E-state index >= 15 is 0 Å². The highest BCUT2D eigenvalue weighted by atomic mass is 16.6. The summed E-state index contributed by atoms with van der Waals surface area (Å²) in [6.45, 7) is 11.3. The number of hydrogen-bond donors (Lipinski definition) is 0. The zero-order valence-corrected chi connectivity index (χ0v) is 39.0. The summed E-state index contributed by atoms with van der Waals surface area (Å²) >= 11 is 0. The van der Waals surface area contributed by atoms with Crippen LogP contribution in [0.4, 0.5) is 0 Å². The third-order valence-electron chi connectivity index (χ3n) is 11.5. The van der Waals surface area contributed by atoms with Gasteiger partial charge in [-0.25, -0.2) is 0 Å². The van der Waals surface area contributed by atoms with E-state index in [4.69, 9.17) is 14.2 Å². The van der Waals surface area contributed by atoms with Gasteiger partial charge < -0.3 is 14.2 Å². The summed E-state index contributed by atoms with van der Waals surface area (Å²) in [6.07, 6.45) is 43.8. The molecule has 0 N–H and O–H groups in total. The Kier molecular flexibility index (Phi) is 42.7. The van der Waals surface area contributed by atoms with Crippen LogP contribution in [0.5, 0.6) is 0 Å². The van der Waals surface area contributed by atoms with Gasteiger partial charge in [-0.2, -0.15) is 0 Å². The Morgan fingerprint density at radius 3 is 0.860 bits per heavy atom. The van der Waals surface area contributed by atoms with E-state index in [-0.39, 0.29) is 31.1 Å². The van der Waals surface area contributed by atoms with Crippen molar-refractivity contribution >= 4 is 17.9 Å². The Hall–Kier alpha value is -1.59. The second-order valence-corrected chi connectivity index (χ2v) is 18.4. The lowest BCUT2D eigenvalue weighted by atomic mass is 10.0. The quantitative estimate of drug-likeness (QED) is 0.0346. The maximum atomic E-state index is 12.7. The van der Waals surface area contributed by atoms with Crippen molar-refractivity contribution in [1.82, 2.24) is 0 Å². The van der Waals surface area contributed by atoms with Gasteiger partial charge in [0.15, 0.2) is 6.10 Å². The van der Waals surface area contributed by atoms with E-state index in [1.54, 1.807) is 0 Å². The first-order chi connectivity index (χ1) is 27.7. The fourth-order valence-corrected chi connectivity index (χ4v) is 7.64. The molecule has 1 atom stereocenters. The maximum absolute atomic E-state index is 12.7. The SMILES string of the molecule is CCCCCCCCCCCCCC(=O)OC[C@@H](COC(=O)CCCCCCCCCCCCCCCCC(C)C)OC(=O)CCCCCCCCCCC(C)C. The van der Waals surface area contributed by atoms with Gasteiger partial charge in [0, 0.05) is 19.3 Å². The Morgan fingerprint density at radius 2 is 0.579 bits per heavy atom. The van der Waals surface area contributed by atoms with Crippen molar-refractivity contribution in [3.63, 3.8) is 0 Å². The Balaban J connectivity index is 4.27. The van der Waals surface area contributed by atoms with Crippen LogP contribution in [0.25, 0.3) is 0 Å². The summed E-state index contributed by atoms with van der Waals surface area (Å²) in [5, 5.41) is 0. The molecule has 0 bridgehead atoms. The van der Waals surface area contributed by atoms with Crippen LogP contribution in [-0.4, -0.2) is 37.2 Å². The number of rotatable bonds is 45. The van der Waals surface area contributed by atoms with E-state index in [0.717, 1.165) is 69.6 Å². The fraction of sp³-hybridized carbons (Fsp3) is 0.941. The minimum absolute atomic E-state index is 0.0642. The number of ether oxygens (including phenoxy) is 3. The van der Waals surface area contributed by atoms with Gasteiger partial charge in [0.2, 0.25) is 0 Å². The monoisotopic (exact) mass is 807 g/mol. The molecule has 0 rings (SSSR count). The Bertz CT molecular complexity index is 870. The molecule has 57 heavy (non-hydrogen) atoms.